The van der Waals surface area contributed by atoms with Crippen LogP contribution >= 0.6 is 0 Å². The van der Waals surface area contributed by atoms with Crippen molar-refractivity contribution < 1.29 is 14.3 Å². The Labute approximate surface area is 114 Å². The second-order valence-corrected chi connectivity index (χ2v) is 6.15. The lowest BCUT2D eigenvalue weighted by Gasteiger charge is -2.54. The lowest BCUT2D eigenvalue weighted by atomic mass is 9.56. The summed E-state index contributed by atoms with van der Waals surface area (Å²) in [4.78, 5) is 0. The van der Waals surface area contributed by atoms with Crippen molar-refractivity contribution in [3.63, 3.8) is 0 Å². The summed E-state index contributed by atoms with van der Waals surface area (Å²) in [5.74, 6) is 1.93. The van der Waals surface area contributed by atoms with Gasteiger partial charge in [-0.15, -0.1) is 0 Å². The number of aliphatic hydroxyl groups excluding tert-OH is 1. The number of furan rings is 1. The van der Waals surface area contributed by atoms with E-state index < -0.39 is 0 Å². The maximum absolute atomic E-state index is 9.90. The quantitative estimate of drug-likeness (QED) is 0.832. The monoisotopic (exact) mass is 262 g/mol. The van der Waals surface area contributed by atoms with E-state index >= 15 is 0 Å². The summed E-state index contributed by atoms with van der Waals surface area (Å²) >= 11 is 0. The van der Waals surface area contributed by atoms with E-state index in [4.69, 9.17) is 9.15 Å². The van der Waals surface area contributed by atoms with E-state index in [0.29, 0.717) is 24.4 Å². The molecule has 3 nitrogen and oxygen atoms in total. The van der Waals surface area contributed by atoms with E-state index in [1.807, 2.05) is 12.1 Å². The highest BCUT2D eigenvalue weighted by Crippen LogP contribution is 2.55. The van der Waals surface area contributed by atoms with Gasteiger partial charge in [0, 0.05) is 11.3 Å². The molecule has 2 bridgehead atoms. The molecular formula is C16H22O3. The predicted molar refractivity (Wildman–Crippen MR) is 72.5 cm³/mol. The van der Waals surface area contributed by atoms with Crippen molar-refractivity contribution in [3.05, 3.63) is 35.8 Å². The maximum atomic E-state index is 9.90. The number of fused-ring (bicyclic) bond motifs is 2. The smallest absolute Gasteiger partial charge is 0.133 e. The molecule has 1 fully saturated rings. The third-order valence-electron chi connectivity index (χ3n) is 5.37. The Morgan fingerprint density at radius 3 is 2.84 bits per heavy atom. The summed E-state index contributed by atoms with van der Waals surface area (Å²) in [6.45, 7) is 7.37. The summed E-state index contributed by atoms with van der Waals surface area (Å²) < 4.78 is 11.6. The molecule has 1 aromatic rings. The predicted octanol–water partition coefficient (Wildman–Crippen LogP) is 3.18. The van der Waals surface area contributed by atoms with Gasteiger partial charge in [0.25, 0.3) is 0 Å². The molecule has 0 radical (unpaired) electrons. The summed E-state index contributed by atoms with van der Waals surface area (Å²) in [6.07, 6.45) is 3.98. The standard InChI is InChI=1S/C16H22O3/c1-10-7-11(2)16(8-17)9-19-15(14(10)12(16)3)13-5-4-6-18-13/h4-7,11-12,14-15,17H,8-9H2,1-3H3/t11-,12-,14+,15-,16+/m0/s1. The first-order chi connectivity index (χ1) is 9.10. The van der Waals surface area contributed by atoms with Crippen molar-refractivity contribution in [2.24, 2.45) is 23.2 Å². The zero-order chi connectivity index (χ0) is 13.6. The van der Waals surface area contributed by atoms with E-state index in [2.05, 4.69) is 26.8 Å². The fourth-order valence-corrected chi connectivity index (χ4v) is 4.00. The highest BCUT2D eigenvalue weighted by atomic mass is 16.5. The van der Waals surface area contributed by atoms with Crippen molar-refractivity contribution in [1.29, 1.82) is 0 Å². The number of hydrogen-bond donors (Lipinski definition) is 1. The molecule has 104 valence electrons. The number of hydrogen-bond acceptors (Lipinski definition) is 3. The molecule has 1 N–H and O–H groups in total. The Morgan fingerprint density at radius 2 is 2.21 bits per heavy atom. The van der Waals surface area contributed by atoms with Crippen molar-refractivity contribution >= 4 is 0 Å². The SMILES string of the molecule is CC1=C[C@H](C)[C@@]2(CO)CO[C@@H](c3ccco3)[C@H]1[C@@H]2C. The first-order valence-electron chi connectivity index (χ1n) is 7.04. The average Bonchev–Trinajstić information content (AvgIpc) is 2.90. The minimum atomic E-state index is -0.146. The molecule has 3 rings (SSSR count). The molecule has 5 atom stereocenters. The molecule has 0 spiro atoms. The van der Waals surface area contributed by atoms with Gasteiger partial charge in [0.05, 0.1) is 19.5 Å². The third-order valence-corrected chi connectivity index (χ3v) is 5.37. The van der Waals surface area contributed by atoms with Gasteiger partial charge < -0.3 is 14.3 Å². The fourth-order valence-electron chi connectivity index (χ4n) is 4.00. The lowest BCUT2D eigenvalue weighted by Crippen LogP contribution is -2.53. The van der Waals surface area contributed by atoms with E-state index in [0.717, 1.165) is 5.76 Å². The van der Waals surface area contributed by atoms with Crippen molar-refractivity contribution in [2.45, 2.75) is 26.9 Å². The van der Waals surface area contributed by atoms with Crippen LogP contribution < -0.4 is 0 Å². The molecule has 1 aliphatic carbocycles. The minimum Gasteiger partial charge on any atom is -0.467 e. The van der Waals surface area contributed by atoms with Crippen LogP contribution in [0.15, 0.2) is 34.5 Å². The molecule has 2 heterocycles. The van der Waals surface area contributed by atoms with Crippen LogP contribution in [0, 0.1) is 23.2 Å². The van der Waals surface area contributed by atoms with E-state index in [1.54, 1.807) is 6.26 Å². The maximum Gasteiger partial charge on any atom is 0.133 e. The van der Waals surface area contributed by atoms with Gasteiger partial charge in [-0.05, 0) is 30.9 Å². The number of rotatable bonds is 2. The van der Waals surface area contributed by atoms with Gasteiger partial charge in [-0.2, -0.15) is 0 Å². The molecule has 2 aliphatic rings. The van der Waals surface area contributed by atoms with Crippen LogP contribution in [0.5, 0.6) is 0 Å². The molecule has 19 heavy (non-hydrogen) atoms. The van der Waals surface area contributed by atoms with Crippen LogP contribution in [0.4, 0.5) is 0 Å². The van der Waals surface area contributed by atoms with E-state index in [-0.39, 0.29) is 18.1 Å². The molecule has 1 aromatic heterocycles. The molecular weight excluding hydrogens is 240 g/mol. The van der Waals surface area contributed by atoms with Crippen molar-refractivity contribution in [2.75, 3.05) is 13.2 Å². The highest BCUT2D eigenvalue weighted by Gasteiger charge is 2.53. The second-order valence-electron chi connectivity index (χ2n) is 6.15. The van der Waals surface area contributed by atoms with E-state index in [1.165, 1.54) is 5.57 Å². The van der Waals surface area contributed by atoms with Gasteiger partial charge in [-0.3, -0.25) is 0 Å². The van der Waals surface area contributed by atoms with E-state index in [9.17, 15) is 5.11 Å². The van der Waals surface area contributed by atoms with Crippen LogP contribution in [0.25, 0.3) is 0 Å². The van der Waals surface area contributed by atoms with Gasteiger partial charge in [-0.25, -0.2) is 0 Å². The zero-order valence-electron chi connectivity index (χ0n) is 11.8. The molecule has 0 saturated carbocycles. The van der Waals surface area contributed by atoms with Gasteiger partial charge in [0.2, 0.25) is 0 Å². The molecule has 1 saturated heterocycles. The third kappa shape index (κ3) is 1.72. The van der Waals surface area contributed by atoms with Crippen molar-refractivity contribution in [3.8, 4) is 0 Å². The Balaban J connectivity index is 2.03. The molecule has 0 aromatic carbocycles. The second kappa shape index (κ2) is 4.50. The number of aliphatic hydroxyl groups is 1. The van der Waals surface area contributed by atoms with Gasteiger partial charge in [0.1, 0.15) is 11.9 Å². The highest BCUT2D eigenvalue weighted by molar-refractivity contribution is 5.23. The number of ether oxygens (including phenoxy) is 1. The Hall–Kier alpha value is -1.06. The first-order valence-corrected chi connectivity index (χ1v) is 7.04. The first kappa shape index (κ1) is 12.9. The summed E-state index contributed by atoms with van der Waals surface area (Å²) in [6, 6.07) is 3.89. The Bertz CT molecular complexity index is 476. The topological polar surface area (TPSA) is 42.6 Å². The van der Waals surface area contributed by atoms with Gasteiger partial charge in [0.15, 0.2) is 0 Å². The molecule has 0 unspecified atom stereocenters. The van der Waals surface area contributed by atoms with Crippen LogP contribution in [0.2, 0.25) is 0 Å². The van der Waals surface area contributed by atoms with Crippen LogP contribution in [-0.4, -0.2) is 18.3 Å². The van der Waals surface area contributed by atoms with Crippen LogP contribution in [0.3, 0.4) is 0 Å². The number of allylic oxidation sites excluding steroid dienone is 1. The van der Waals surface area contributed by atoms with Gasteiger partial charge >= 0.3 is 0 Å². The Kier molecular flexibility index (Phi) is 3.06. The van der Waals surface area contributed by atoms with Crippen molar-refractivity contribution in [1.82, 2.24) is 0 Å². The minimum absolute atomic E-state index is 0.0200. The summed E-state index contributed by atoms with van der Waals surface area (Å²) in [5.41, 5.74) is 1.21. The zero-order valence-corrected chi connectivity index (χ0v) is 11.8. The largest absolute Gasteiger partial charge is 0.467 e. The lowest BCUT2D eigenvalue weighted by molar-refractivity contribution is -0.170. The van der Waals surface area contributed by atoms with Crippen LogP contribution in [-0.2, 0) is 4.74 Å². The molecule has 0 amide bonds. The summed E-state index contributed by atoms with van der Waals surface area (Å²) in [5, 5.41) is 9.90. The summed E-state index contributed by atoms with van der Waals surface area (Å²) in [7, 11) is 0. The molecule has 3 heteroatoms. The normalized spacial score (nSPS) is 42.0. The van der Waals surface area contributed by atoms with Crippen LogP contribution in [0.1, 0.15) is 32.6 Å². The Morgan fingerprint density at radius 1 is 1.42 bits per heavy atom. The molecule has 1 aliphatic heterocycles. The van der Waals surface area contributed by atoms with Gasteiger partial charge in [-0.1, -0.05) is 25.5 Å². The average molecular weight is 262 g/mol. The fraction of sp³-hybridized carbons (Fsp3) is 0.625.